The lowest BCUT2D eigenvalue weighted by molar-refractivity contribution is -0.177. The number of β-lactam (4-membered cyclic amide) rings is 1. The highest BCUT2D eigenvalue weighted by molar-refractivity contribution is 6.34. The van der Waals surface area contributed by atoms with Gasteiger partial charge >= 0.3 is 0 Å². The van der Waals surface area contributed by atoms with Gasteiger partial charge in [-0.1, -0.05) is 49.1 Å². The van der Waals surface area contributed by atoms with Gasteiger partial charge in [0.1, 0.15) is 10.8 Å². The van der Waals surface area contributed by atoms with E-state index in [2.05, 4.69) is 43.3 Å². The lowest BCUT2D eigenvalue weighted by atomic mass is 9.49. The summed E-state index contributed by atoms with van der Waals surface area (Å²) >= 11 is 7.05. The highest BCUT2D eigenvalue weighted by atomic mass is 35.5. The number of hydrogen-bond donors (Lipinski definition) is 2. The van der Waals surface area contributed by atoms with E-state index in [4.69, 9.17) is 26.4 Å². The van der Waals surface area contributed by atoms with E-state index in [-0.39, 0.29) is 16.9 Å². The summed E-state index contributed by atoms with van der Waals surface area (Å²) in [6.07, 6.45) is 18.2. The van der Waals surface area contributed by atoms with Crippen molar-refractivity contribution in [1.29, 1.82) is 0 Å². The summed E-state index contributed by atoms with van der Waals surface area (Å²) in [6.45, 7) is 6.37. The number of aromatic amines is 1. The molecular formula is C37H50ClN5O2. The highest BCUT2D eigenvalue weighted by Gasteiger charge is 2.68. The average Bonchev–Trinajstić information content (AvgIpc) is 3.55. The van der Waals surface area contributed by atoms with Gasteiger partial charge in [0.25, 0.3) is 5.91 Å². The minimum absolute atomic E-state index is 0.0703. The molecule has 1 unspecified atom stereocenters. The fraction of sp³-hybridized carbons (Fsp3) is 0.703. The van der Waals surface area contributed by atoms with Gasteiger partial charge in [-0.2, -0.15) is 4.63 Å². The number of fused-ring (bicyclic) bond motifs is 1. The Morgan fingerprint density at radius 3 is 2.38 bits per heavy atom. The molecule has 1 aliphatic heterocycles. The molecule has 3 heterocycles. The molecule has 0 radical (unpaired) electrons. The van der Waals surface area contributed by atoms with Gasteiger partial charge in [-0.3, -0.25) is 9.89 Å². The third-order valence-electron chi connectivity index (χ3n) is 12.8. The number of carbonyl (C=O) groups is 1. The zero-order chi connectivity index (χ0) is 31.0. The number of aryl methyl sites for hydroxylation is 3. The van der Waals surface area contributed by atoms with Crippen LogP contribution in [0.25, 0.3) is 5.65 Å². The SMILES string of the molecule is CCCCC1(Oc2ccc(C)cc2C)C(=O)NC12CCC(CCCc1nc3c(Cl)c(C45CC6CC(CC(C6)C4)C5)[nH]n3n1)CC2. The number of rotatable bonds is 10. The molecule has 4 bridgehead atoms. The van der Waals surface area contributed by atoms with Crippen LogP contribution in [0.5, 0.6) is 5.75 Å². The number of hydrogen-bond acceptors (Lipinski definition) is 4. The van der Waals surface area contributed by atoms with E-state index in [1.54, 1.807) is 0 Å². The molecular weight excluding hydrogens is 582 g/mol. The van der Waals surface area contributed by atoms with Gasteiger partial charge in [-0.05, 0) is 133 Å². The standard InChI is InChI=1S/C37H50ClN5O2/c1-4-5-13-37(45-29-10-9-23(2)16-24(29)3)34(44)40-36(37)14-11-25(12-15-36)7-6-8-30-39-33-31(38)32(42-43(33)41-30)35-20-26-17-27(21-35)19-28(18-26)22-35/h9-10,16,25-28,42H,4-8,11-15,17-22H2,1-3H3,(H,40,44). The first kappa shape index (κ1) is 29.8. The zero-order valence-electron chi connectivity index (χ0n) is 27.4. The predicted molar refractivity (Wildman–Crippen MR) is 177 cm³/mol. The van der Waals surface area contributed by atoms with Crippen LogP contribution in [0.15, 0.2) is 18.2 Å². The van der Waals surface area contributed by atoms with E-state index >= 15 is 0 Å². The smallest absolute Gasteiger partial charge is 0.267 e. The molecule has 9 rings (SSSR count). The molecule has 6 fully saturated rings. The van der Waals surface area contributed by atoms with E-state index < -0.39 is 5.60 Å². The normalized spacial score (nSPS) is 35.2. The summed E-state index contributed by atoms with van der Waals surface area (Å²) in [6, 6.07) is 6.28. The molecule has 6 aliphatic rings. The number of halogens is 1. The molecule has 2 aromatic heterocycles. The van der Waals surface area contributed by atoms with Crippen molar-refractivity contribution >= 4 is 23.2 Å². The fourth-order valence-corrected chi connectivity index (χ4v) is 11.3. The Labute approximate surface area is 272 Å². The largest absolute Gasteiger partial charge is 0.475 e. The second-order valence-electron chi connectivity index (χ2n) is 15.9. The van der Waals surface area contributed by atoms with Crippen molar-refractivity contribution in [2.45, 2.75) is 140 Å². The molecule has 1 aromatic carbocycles. The van der Waals surface area contributed by atoms with Gasteiger partial charge < -0.3 is 10.1 Å². The second kappa shape index (κ2) is 11.0. The Bertz CT molecular complexity index is 1560. The quantitative estimate of drug-likeness (QED) is 0.221. The van der Waals surface area contributed by atoms with E-state index in [1.807, 2.05) is 10.7 Å². The molecule has 3 aromatic rings. The maximum atomic E-state index is 13.3. The number of benzene rings is 1. The van der Waals surface area contributed by atoms with Gasteiger partial charge in [0.2, 0.25) is 5.60 Å². The van der Waals surface area contributed by atoms with Crippen LogP contribution in [-0.4, -0.2) is 36.9 Å². The first-order valence-corrected chi connectivity index (χ1v) is 18.3. The van der Waals surface area contributed by atoms with Crippen molar-refractivity contribution in [3.63, 3.8) is 0 Å². The Morgan fingerprint density at radius 2 is 1.76 bits per heavy atom. The fourth-order valence-electron chi connectivity index (χ4n) is 10.9. The first-order chi connectivity index (χ1) is 21.7. The van der Waals surface area contributed by atoms with Crippen LogP contribution >= 0.6 is 11.6 Å². The summed E-state index contributed by atoms with van der Waals surface area (Å²) in [5.74, 6) is 5.08. The summed E-state index contributed by atoms with van der Waals surface area (Å²) in [5.41, 5.74) is 3.52. The number of aromatic nitrogens is 4. The third-order valence-corrected chi connectivity index (χ3v) is 13.2. The molecule has 5 aliphatic carbocycles. The van der Waals surface area contributed by atoms with E-state index in [1.165, 1.54) is 49.8 Å². The van der Waals surface area contributed by atoms with E-state index in [0.29, 0.717) is 5.92 Å². The van der Waals surface area contributed by atoms with Crippen molar-refractivity contribution in [3.05, 3.63) is 45.9 Å². The minimum Gasteiger partial charge on any atom is -0.475 e. The number of ether oxygens (including phenoxy) is 1. The van der Waals surface area contributed by atoms with Crippen LogP contribution in [0.2, 0.25) is 5.02 Å². The number of nitrogens with zero attached hydrogens (tertiary/aromatic N) is 3. The Kier molecular flexibility index (Phi) is 7.31. The number of amides is 1. The van der Waals surface area contributed by atoms with Crippen LogP contribution < -0.4 is 10.1 Å². The molecule has 1 spiro atoms. The molecule has 8 heteroatoms. The highest BCUT2D eigenvalue weighted by Crippen LogP contribution is 2.61. The molecule has 45 heavy (non-hydrogen) atoms. The first-order valence-electron chi connectivity index (χ1n) is 17.9. The number of H-pyrrole nitrogens is 1. The van der Waals surface area contributed by atoms with Crippen molar-refractivity contribution in [3.8, 4) is 5.75 Å². The molecule has 1 atom stereocenters. The van der Waals surface area contributed by atoms with Crippen molar-refractivity contribution in [2.24, 2.45) is 23.7 Å². The summed E-state index contributed by atoms with van der Waals surface area (Å²) in [4.78, 5) is 18.2. The molecule has 2 N–H and O–H groups in total. The van der Waals surface area contributed by atoms with Gasteiger partial charge in [-0.25, -0.2) is 4.98 Å². The summed E-state index contributed by atoms with van der Waals surface area (Å²) in [7, 11) is 0. The zero-order valence-corrected chi connectivity index (χ0v) is 28.1. The number of carbonyl (C=O) groups excluding carboxylic acids is 1. The van der Waals surface area contributed by atoms with Gasteiger partial charge in [0.05, 0.1) is 11.2 Å². The van der Waals surface area contributed by atoms with Crippen molar-refractivity contribution < 1.29 is 9.53 Å². The Hall–Kier alpha value is -2.54. The predicted octanol–water partition coefficient (Wildman–Crippen LogP) is 8.18. The van der Waals surface area contributed by atoms with Crippen LogP contribution in [0.1, 0.15) is 126 Å². The summed E-state index contributed by atoms with van der Waals surface area (Å²) in [5, 5.41) is 12.7. The molecule has 242 valence electrons. The number of unbranched alkanes of at least 4 members (excludes halogenated alkanes) is 1. The third kappa shape index (κ3) is 4.84. The topological polar surface area (TPSA) is 84.3 Å². The number of nitrogens with one attached hydrogen (secondary N) is 2. The van der Waals surface area contributed by atoms with Gasteiger partial charge in [-0.15, -0.1) is 5.10 Å². The lowest BCUT2D eigenvalue weighted by Crippen LogP contribution is -2.84. The minimum atomic E-state index is -0.760. The maximum Gasteiger partial charge on any atom is 0.267 e. The average molecular weight is 632 g/mol. The van der Waals surface area contributed by atoms with E-state index in [0.717, 1.165) is 110 Å². The lowest BCUT2D eigenvalue weighted by Gasteiger charge is -2.60. The van der Waals surface area contributed by atoms with Crippen LogP contribution in [-0.2, 0) is 16.6 Å². The molecule has 1 saturated heterocycles. The molecule has 5 saturated carbocycles. The van der Waals surface area contributed by atoms with Crippen molar-refractivity contribution in [1.82, 2.24) is 25.1 Å². The Balaban J connectivity index is 0.895. The van der Waals surface area contributed by atoms with Crippen molar-refractivity contribution in [2.75, 3.05) is 0 Å². The second-order valence-corrected chi connectivity index (χ2v) is 16.3. The van der Waals surface area contributed by atoms with Gasteiger partial charge in [0.15, 0.2) is 11.5 Å². The van der Waals surface area contributed by atoms with Crippen LogP contribution in [0.3, 0.4) is 0 Å². The van der Waals surface area contributed by atoms with Gasteiger partial charge in [0, 0.05) is 11.8 Å². The molecule has 1 amide bonds. The molecule has 7 nitrogen and oxygen atoms in total. The maximum absolute atomic E-state index is 13.3. The van der Waals surface area contributed by atoms with E-state index in [9.17, 15) is 4.79 Å². The monoisotopic (exact) mass is 631 g/mol. The van der Waals surface area contributed by atoms with Crippen LogP contribution in [0.4, 0.5) is 0 Å². The summed E-state index contributed by atoms with van der Waals surface area (Å²) < 4.78 is 8.63. The Morgan fingerprint density at radius 1 is 1.04 bits per heavy atom. The van der Waals surface area contributed by atoms with Crippen LogP contribution in [0, 0.1) is 37.5 Å².